The molecule has 2 aliphatic carbocycles. The topological polar surface area (TPSA) is 192 Å². The second-order valence-corrected chi connectivity index (χ2v) is 22.9. The Balaban J connectivity index is 0.864. The van der Waals surface area contributed by atoms with Crippen LogP contribution in [0.2, 0.25) is 0 Å². The summed E-state index contributed by atoms with van der Waals surface area (Å²) in [5, 5.41) is 26.2. The van der Waals surface area contributed by atoms with E-state index in [9.17, 15) is 32.8 Å². The van der Waals surface area contributed by atoms with E-state index in [1.54, 1.807) is 19.1 Å². The van der Waals surface area contributed by atoms with Crippen molar-refractivity contribution in [3.8, 4) is 17.2 Å². The number of aromatic nitrogens is 2. The number of nitro groups is 1. The predicted molar refractivity (Wildman–Crippen MR) is 260 cm³/mol. The number of fused-ring (bicyclic) bond motifs is 2. The summed E-state index contributed by atoms with van der Waals surface area (Å²) < 4.78 is 57.0. The number of rotatable bonds is 11. The highest BCUT2D eigenvalue weighted by atomic mass is 32.2. The number of halogens is 1. The van der Waals surface area contributed by atoms with Crippen LogP contribution >= 0.6 is 11.8 Å². The van der Waals surface area contributed by atoms with Gasteiger partial charge in [-0.1, -0.05) is 38.1 Å². The molecule has 18 heteroatoms. The molecule has 360 valence electrons. The minimum Gasteiger partial charge on any atom is -0.489 e. The number of pyridine rings is 1. The fourth-order valence-electron chi connectivity index (χ4n) is 11.3. The normalized spacial score (nSPS) is 24.2. The lowest BCUT2D eigenvalue weighted by atomic mass is 9.59. The van der Waals surface area contributed by atoms with Crippen molar-refractivity contribution in [1.82, 2.24) is 19.6 Å². The zero-order valence-electron chi connectivity index (χ0n) is 38.5. The van der Waals surface area contributed by atoms with Gasteiger partial charge in [0, 0.05) is 73.3 Å². The van der Waals surface area contributed by atoms with Crippen molar-refractivity contribution in [1.29, 1.82) is 0 Å². The number of carbonyl (C=O) groups excluding carboxylic acids is 1. The van der Waals surface area contributed by atoms with Gasteiger partial charge in [-0.25, -0.2) is 22.5 Å². The number of H-pyrrole nitrogens is 1. The number of carbonyl (C=O) groups is 1. The van der Waals surface area contributed by atoms with Gasteiger partial charge in [-0.05, 0) is 105 Å². The molecule has 2 atom stereocenters. The van der Waals surface area contributed by atoms with Gasteiger partial charge in [-0.3, -0.25) is 19.8 Å². The van der Waals surface area contributed by atoms with Gasteiger partial charge in [-0.15, -0.1) is 0 Å². The first-order valence-electron chi connectivity index (χ1n) is 23.7. The molecule has 2 saturated heterocycles. The van der Waals surface area contributed by atoms with Crippen LogP contribution in [0.4, 0.5) is 21.5 Å². The van der Waals surface area contributed by atoms with E-state index in [4.69, 9.17) is 9.47 Å². The summed E-state index contributed by atoms with van der Waals surface area (Å²) in [6.07, 6.45) is 9.44. The molecular weight excluding hydrogens is 910 g/mol. The van der Waals surface area contributed by atoms with Crippen LogP contribution in [0.25, 0.3) is 11.0 Å². The van der Waals surface area contributed by atoms with E-state index < -0.39 is 42.9 Å². The van der Waals surface area contributed by atoms with E-state index in [1.807, 2.05) is 11.8 Å². The lowest BCUT2D eigenvalue weighted by molar-refractivity contribution is -0.384. The number of nitrogens with zero attached hydrogens (tertiary/aromatic N) is 4. The fraction of sp³-hybridized carbons (Fsp3) is 0.480. The van der Waals surface area contributed by atoms with Crippen LogP contribution in [0.3, 0.4) is 0 Å². The van der Waals surface area contributed by atoms with Crippen molar-refractivity contribution in [3.63, 3.8) is 0 Å². The van der Waals surface area contributed by atoms with Gasteiger partial charge in [0.15, 0.2) is 11.4 Å². The van der Waals surface area contributed by atoms with Crippen molar-refractivity contribution in [2.75, 3.05) is 48.0 Å². The number of aliphatic hydroxyl groups is 1. The number of ether oxygens (including phenoxy) is 2. The minimum absolute atomic E-state index is 0.0196. The molecule has 68 heavy (non-hydrogen) atoms. The Kier molecular flexibility index (Phi) is 12.4. The number of nitro benzene ring substituents is 1. The molecule has 3 aromatic carbocycles. The van der Waals surface area contributed by atoms with E-state index in [1.165, 1.54) is 41.7 Å². The molecule has 0 radical (unpaired) electrons. The molecule has 0 bridgehead atoms. The van der Waals surface area contributed by atoms with Gasteiger partial charge in [0.25, 0.3) is 21.6 Å². The summed E-state index contributed by atoms with van der Waals surface area (Å²) in [7, 11) is -4.72. The second-order valence-electron chi connectivity index (χ2n) is 20.1. The molecule has 4 fully saturated rings. The van der Waals surface area contributed by atoms with Gasteiger partial charge in [0.05, 0.1) is 38.6 Å². The lowest BCUT2D eigenvalue weighted by Gasteiger charge is -2.57. The van der Waals surface area contributed by atoms with Crippen LogP contribution in [0.1, 0.15) is 106 Å². The maximum absolute atomic E-state index is 14.7. The smallest absolute Gasteiger partial charge is 0.297 e. The fourth-order valence-corrected chi connectivity index (χ4v) is 13.4. The second kappa shape index (κ2) is 18.1. The Bertz CT molecular complexity index is 2850. The molecule has 10 rings (SSSR count). The van der Waals surface area contributed by atoms with Crippen LogP contribution in [0.5, 0.6) is 17.2 Å². The Morgan fingerprint density at radius 1 is 1.07 bits per heavy atom. The Morgan fingerprint density at radius 2 is 1.84 bits per heavy atom. The molecule has 5 heterocycles. The molecule has 1 spiro atoms. The number of benzene rings is 3. The van der Waals surface area contributed by atoms with Crippen molar-refractivity contribution in [2.45, 2.75) is 107 Å². The lowest BCUT2D eigenvalue weighted by Crippen LogP contribution is -2.57. The van der Waals surface area contributed by atoms with E-state index in [0.29, 0.717) is 49.3 Å². The molecule has 15 nitrogen and oxygen atoms in total. The zero-order valence-corrected chi connectivity index (χ0v) is 40.1. The van der Waals surface area contributed by atoms with Crippen molar-refractivity contribution < 1.29 is 37.1 Å². The monoisotopic (exact) mass is 967 g/mol. The number of aromatic amines is 1. The van der Waals surface area contributed by atoms with Gasteiger partial charge in [0.2, 0.25) is 0 Å². The summed E-state index contributed by atoms with van der Waals surface area (Å²) in [6.45, 7) is 9.13. The Morgan fingerprint density at radius 3 is 2.59 bits per heavy atom. The van der Waals surface area contributed by atoms with Crippen molar-refractivity contribution >= 4 is 55.8 Å². The van der Waals surface area contributed by atoms with Crippen molar-refractivity contribution in [2.24, 2.45) is 11.3 Å². The number of nitrogens with one attached hydrogen (secondary N) is 3. The maximum Gasteiger partial charge on any atom is 0.297 e. The van der Waals surface area contributed by atoms with Gasteiger partial charge < -0.3 is 29.8 Å². The number of amides is 1. The van der Waals surface area contributed by atoms with Crippen LogP contribution in [-0.4, -0.2) is 94.7 Å². The quantitative estimate of drug-likeness (QED) is 0.0724. The molecule has 3 aliphatic heterocycles. The van der Waals surface area contributed by atoms with Gasteiger partial charge in [0.1, 0.15) is 29.6 Å². The van der Waals surface area contributed by atoms with Gasteiger partial charge >= 0.3 is 0 Å². The number of hydrogen-bond donors (Lipinski definition) is 4. The number of thioether (sulfide) groups is 1. The Hall–Kier alpha value is -5.43. The first-order valence-corrected chi connectivity index (χ1v) is 26.3. The highest BCUT2D eigenvalue weighted by Crippen LogP contribution is 2.54. The number of piperidine rings is 1. The number of sulfonamides is 1. The zero-order chi connectivity index (χ0) is 47.5. The van der Waals surface area contributed by atoms with Crippen LogP contribution in [0, 0.1) is 27.3 Å². The Labute approximate surface area is 399 Å². The third-order valence-corrected chi connectivity index (χ3v) is 17.6. The van der Waals surface area contributed by atoms with E-state index in [-0.39, 0.29) is 57.9 Å². The number of hydrogen-bond acceptors (Lipinski definition) is 13. The molecule has 5 aromatic rings. The molecular formula is C50H58FN7O8S2. The largest absolute Gasteiger partial charge is 0.489 e. The number of anilines is 2. The summed E-state index contributed by atoms with van der Waals surface area (Å²) in [6, 6.07) is 18.1. The van der Waals surface area contributed by atoms with E-state index in [0.717, 1.165) is 68.6 Å². The average Bonchev–Trinajstić information content (AvgIpc) is 3.69. The summed E-state index contributed by atoms with van der Waals surface area (Å²) in [4.78, 5) is 37.4. The molecule has 2 aromatic heterocycles. The average molecular weight is 968 g/mol. The SMILES string of the molecule is CC(C)c1ccccc1[C@H]1CSCCN1C1CC2(CCN(c3ccc(C(=O)NS(=O)(=O)c4cc5c(c([N+](=O)[O-])c4)N[C@@H]([C@H]4CC[C@](C)(O)CC4)CO5)c(Oc4cnc5[nH]cc(F)c5c4)c3)CC2)C1. The highest BCUT2D eigenvalue weighted by Gasteiger charge is 2.50. The molecule has 4 N–H and O–H groups in total. The van der Waals surface area contributed by atoms with E-state index >= 15 is 0 Å². The predicted octanol–water partition coefficient (Wildman–Crippen LogP) is 9.30. The summed E-state index contributed by atoms with van der Waals surface area (Å²) >= 11 is 2.05. The molecule has 0 unspecified atom stereocenters. The first-order chi connectivity index (χ1) is 32.6. The summed E-state index contributed by atoms with van der Waals surface area (Å²) in [5.74, 6) is 1.34. The highest BCUT2D eigenvalue weighted by molar-refractivity contribution is 7.99. The van der Waals surface area contributed by atoms with Gasteiger partial charge in [-0.2, -0.15) is 11.8 Å². The van der Waals surface area contributed by atoms with E-state index in [2.05, 4.69) is 67.9 Å². The van der Waals surface area contributed by atoms with Crippen LogP contribution in [0.15, 0.2) is 78.0 Å². The standard InChI is InChI=1S/C50H58FN7O8S2/c1-30(2)36-6-4-5-7-37(36)43-29-67-19-18-57(43)33-24-50(25-33)14-16-56(17-15-50)32-8-9-38(44(20-32)66-34-21-39-40(51)27-53-47(39)52-26-34)48(59)55-68(63,64)35-22-42(58(61)62)46-45(23-35)65-28-41(54-46)31-10-12-49(3,60)13-11-31/h4-9,20-23,26-27,30-31,33,41,43,54,60H,10-19,24-25,28-29H2,1-3H3,(H,52,53)(H,55,59)/t31-,41-,43-,49-/m1/s1. The summed E-state index contributed by atoms with van der Waals surface area (Å²) in [5.41, 5.74) is 2.88. The van der Waals surface area contributed by atoms with Crippen LogP contribution in [-0.2, 0) is 10.0 Å². The third kappa shape index (κ3) is 9.11. The minimum atomic E-state index is -4.72. The third-order valence-electron chi connectivity index (χ3n) is 15.2. The maximum atomic E-state index is 14.7. The van der Waals surface area contributed by atoms with Crippen LogP contribution < -0.4 is 24.4 Å². The van der Waals surface area contributed by atoms with Crippen molar-refractivity contribution in [3.05, 3.63) is 106 Å². The first kappa shape index (κ1) is 46.3. The molecule has 1 amide bonds. The molecule has 5 aliphatic rings. The molecule has 2 saturated carbocycles.